The predicted molar refractivity (Wildman–Crippen MR) is 61.4 cm³/mol. The van der Waals surface area contributed by atoms with E-state index in [1.165, 1.54) is 12.4 Å². The van der Waals surface area contributed by atoms with E-state index in [1.54, 1.807) is 10.9 Å². The lowest BCUT2D eigenvalue weighted by molar-refractivity contribution is 0.0944. The summed E-state index contributed by atoms with van der Waals surface area (Å²) >= 11 is 5.58. The van der Waals surface area contributed by atoms with Crippen molar-refractivity contribution in [3.05, 3.63) is 41.2 Å². The van der Waals surface area contributed by atoms with Gasteiger partial charge in [-0.15, -0.1) is 0 Å². The molecule has 1 N–H and O–H groups in total. The van der Waals surface area contributed by atoms with Crippen molar-refractivity contribution >= 4 is 17.5 Å². The van der Waals surface area contributed by atoms with Gasteiger partial charge >= 0.3 is 0 Å². The molecule has 6 nitrogen and oxygen atoms in total. The third-order valence-corrected chi connectivity index (χ3v) is 2.40. The van der Waals surface area contributed by atoms with Gasteiger partial charge in [0.25, 0.3) is 5.91 Å². The number of halogens is 1. The van der Waals surface area contributed by atoms with E-state index < -0.39 is 0 Å². The van der Waals surface area contributed by atoms with Gasteiger partial charge in [0.1, 0.15) is 10.8 Å². The number of carbonyl (C=O) groups excluding carboxylic acids is 1. The summed E-state index contributed by atoms with van der Waals surface area (Å²) in [7, 11) is 1.81. The Morgan fingerprint density at radius 1 is 1.47 bits per heavy atom. The highest BCUT2D eigenvalue weighted by molar-refractivity contribution is 6.29. The Bertz CT molecular complexity index is 522. The van der Waals surface area contributed by atoms with Crippen molar-refractivity contribution in [2.75, 3.05) is 0 Å². The van der Waals surface area contributed by atoms with Crippen LogP contribution in [-0.2, 0) is 13.6 Å². The van der Waals surface area contributed by atoms with E-state index in [4.69, 9.17) is 11.6 Å². The monoisotopic (exact) mass is 251 g/mol. The Hall–Kier alpha value is -1.95. The van der Waals surface area contributed by atoms with Crippen LogP contribution < -0.4 is 5.32 Å². The second kappa shape index (κ2) is 4.92. The van der Waals surface area contributed by atoms with E-state index in [1.807, 2.05) is 13.1 Å². The lowest BCUT2D eigenvalue weighted by atomic mass is 10.4. The second-order valence-electron chi connectivity index (χ2n) is 3.35. The van der Waals surface area contributed by atoms with E-state index in [0.717, 1.165) is 5.69 Å². The number of carbonyl (C=O) groups is 1. The minimum Gasteiger partial charge on any atom is -0.345 e. The summed E-state index contributed by atoms with van der Waals surface area (Å²) in [6, 6.07) is 1.83. The van der Waals surface area contributed by atoms with Gasteiger partial charge in [-0.2, -0.15) is 5.10 Å². The van der Waals surface area contributed by atoms with Crippen LogP contribution in [0.4, 0.5) is 0 Å². The summed E-state index contributed by atoms with van der Waals surface area (Å²) in [6.07, 6.45) is 4.34. The van der Waals surface area contributed by atoms with E-state index in [0.29, 0.717) is 6.54 Å². The minimum atomic E-state index is -0.296. The van der Waals surface area contributed by atoms with Crippen LogP contribution in [-0.4, -0.2) is 25.7 Å². The molecule has 17 heavy (non-hydrogen) atoms. The molecule has 1 amide bonds. The van der Waals surface area contributed by atoms with Gasteiger partial charge in [-0.1, -0.05) is 11.6 Å². The number of aromatic nitrogens is 4. The molecule has 2 aromatic heterocycles. The molecule has 7 heteroatoms. The molecule has 0 saturated carbocycles. The molecule has 0 aliphatic heterocycles. The molecule has 2 aromatic rings. The molecule has 88 valence electrons. The molecule has 0 atom stereocenters. The quantitative estimate of drug-likeness (QED) is 0.876. The van der Waals surface area contributed by atoms with Crippen LogP contribution in [0.5, 0.6) is 0 Å². The normalized spacial score (nSPS) is 10.2. The first kappa shape index (κ1) is 11.5. The van der Waals surface area contributed by atoms with Crippen molar-refractivity contribution in [2.24, 2.45) is 7.05 Å². The number of nitrogens with one attached hydrogen (secondary N) is 1. The Labute approximate surface area is 103 Å². The van der Waals surface area contributed by atoms with E-state index in [9.17, 15) is 4.79 Å². The predicted octanol–water partition coefficient (Wildman–Crippen LogP) is 0.794. The van der Waals surface area contributed by atoms with Crippen molar-refractivity contribution in [2.45, 2.75) is 6.54 Å². The highest BCUT2D eigenvalue weighted by atomic mass is 35.5. The maximum atomic E-state index is 11.7. The first-order valence-corrected chi connectivity index (χ1v) is 5.27. The van der Waals surface area contributed by atoms with Crippen LogP contribution in [0, 0.1) is 0 Å². The van der Waals surface area contributed by atoms with E-state index in [-0.39, 0.29) is 16.8 Å². The zero-order valence-electron chi connectivity index (χ0n) is 9.09. The molecule has 2 heterocycles. The molecular formula is C10H10ClN5O. The first-order chi connectivity index (χ1) is 8.16. The van der Waals surface area contributed by atoms with Gasteiger partial charge in [-0.05, 0) is 6.07 Å². The van der Waals surface area contributed by atoms with Crippen LogP contribution in [0.2, 0.25) is 5.15 Å². The number of amides is 1. The zero-order chi connectivity index (χ0) is 12.3. The molecule has 0 bridgehead atoms. The van der Waals surface area contributed by atoms with Crippen LogP contribution in [0.25, 0.3) is 0 Å². The number of nitrogens with zero attached hydrogens (tertiary/aromatic N) is 4. The zero-order valence-corrected chi connectivity index (χ0v) is 9.85. The number of hydrogen-bond acceptors (Lipinski definition) is 4. The van der Waals surface area contributed by atoms with Crippen molar-refractivity contribution in [1.82, 2.24) is 25.1 Å². The number of hydrogen-bond donors (Lipinski definition) is 1. The summed E-state index contributed by atoms with van der Waals surface area (Å²) in [4.78, 5) is 19.3. The fourth-order valence-electron chi connectivity index (χ4n) is 1.27. The van der Waals surface area contributed by atoms with Gasteiger partial charge in [0, 0.05) is 13.2 Å². The van der Waals surface area contributed by atoms with Crippen molar-refractivity contribution in [1.29, 1.82) is 0 Å². The summed E-state index contributed by atoms with van der Waals surface area (Å²) in [5.74, 6) is -0.296. The molecular weight excluding hydrogens is 242 g/mol. The number of rotatable bonds is 3. The summed E-state index contributed by atoms with van der Waals surface area (Å²) in [5, 5.41) is 6.97. The highest BCUT2D eigenvalue weighted by Gasteiger charge is 2.08. The highest BCUT2D eigenvalue weighted by Crippen LogP contribution is 2.02. The van der Waals surface area contributed by atoms with E-state index >= 15 is 0 Å². The maximum Gasteiger partial charge on any atom is 0.271 e. The minimum absolute atomic E-state index is 0.233. The molecule has 0 aliphatic carbocycles. The first-order valence-electron chi connectivity index (χ1n) is 4.89. The molecule has 0 saturated heterocycles. The topological polar surface area (TPSA) is 72.7 Å². The molecule has 0 unspecified atom stereocenters. The van der Waals surface area contributed by atoms with Crippen LogP contribution in [0.15, 0.2) is 24.7 Å². The second-order valence-corrected chi connectivity index (χ2v) is 3.74. The molecule has 0 fully saturated rings. The van der Waals surface area contributed by atoms with Crippen LogP contribution in [0.3, 0.4) is 0 Å². The third kappa shape index (κ3) is 2.79. The molecule has 0 aliphatic rings. The summed E-state index contributed by atoms with van der Waals surface area (Å²) < 4.78 is 1.69. The van der Waals surface area contributed by atoms with Crippen molar-refractivity contribution in [3.63, 3.8) is 0 Å². The summed E-state index contributed by atoms with van der Waals surface area (Å²) in [5.41, 5.74) is 1.14. The Balaban J connectivity index is 1.98. The average molecular weight is 252 g/mol. The lowest BCUT2D eigenvalue weighted by Gasteiger charge is -2.04. The SMILES string of the molecule is Cn1nccc1CNC(=O)c1cnc(Cl)cn1. The Kier molecular flexibility index (Phi) is 3.34. The van der Waals surface area contributed by atoms with Gasteiger partial charge in [0.05, 0.1) is 24.6 Å². The molecule has 0 radical (unpaired) electrons. The van der Waals surface area contributed by atoms with Gasteiger partial charge in [0.15, 0.2) is 0 Å². The smallest absolute Gasteiger partial charge is 0.271 e. The Morgan fingerprint density at radius 2 is 2.29 bits per heavy atom. The van der Waals surface area contributed by atoms with Gasteiger partial charge in [-0.25, -0.2) is 9.97 Å². The van der Waals surface area contributed by atoms with Crippen molar-refractivity contribution < 1.29 is 4.79 Å². The fraction of sp³-hybridized carbons (Fsp3) is 0.200. The van der Waals surface area contributed by atoms with Crippen LogP contribution >= 0.6 is 11.6 Å². The fourth-order valence-corrected chi connectivity index (χ4v) is 1.36. The van der Waals surface area contributed by atoms with E-state index in [2.05, 4.69) is 20.4 Å². The average Bonchev–Trinajstić information content (AvgIpc) is 2.73. The Morgan fingerprint density at radius 3 is 2.88 bits per heavy atom. The summed E-state index contributed by atoms with van der Waals surface area (Å²) in [6.45, 7) is 0.389. The third-order valence-electron chi connectivity index (χ3n) is 2.21. The van der Waals surface area contributed by atoms with Gasteiger partial charge in [0.2, 0.25) is 0 Å². The molecule has 2 rings (SSSR count). The largest absolute Gasteiger partial charge is 0.345 e. The standard InChI is InChI=1S/C10H10ClN5O/c1-16-7(2-3-15-16)4-14-10(17)8-5-13-9(11)6-12-8/h2-3,5-6H,4H2,1H3,(H,14,17). The van der Waals surface area contributed by atoms with Crippen molar-refractivity contribution in [3.8, 4) is 0 Å². The van der Waals surface area contributed by atoms with Crippen LogP contribution in [0.1, 0.15) is 16.2 Å². The van der Waals surface area contributed by atoms with Gasteiger partial charge < -0.3 is 5.32 Å². The lowest BCUT2D eigenvalue weighted by Crippen LogP contribution is -2.25. The molecule has 0 spiro atoms. The maximum absolute atomic E-state index is 11.7. The van der Waals surface area contributed by atoms with Gasteiger partial charge in [-0.3, -0.25) is 9.48 Å². The molecule has 0 aromatic carbocycles. The number of aryl methyl sites for hydroxylation is 1.